The molecule has 0 aromatic rings. The third-order valence-corrected chi connectivity index (χ3v) is 1.97. The lowest BCUT2D eigenvalue weighted by atomic mass is 10.4. The van der Waals surface area contributed by atoms with E-state index in [0.717, 1.165) is 0 Å². The van der Waals surface area contributed by atoms with Crippen molar-refractivity contribution in [1.29, 1.82) is 0 Å². The van der Waals surface area contributed by atoms with Gasteiger partial charge in [-0.1, -0.05) is 49.3 Å². The molecule has 1 N–H and O–H groups in total. The fourth-order valence-corrected chi connectivity index (χ4v) is 0.939. The summed E-state index contributed by atoms with van der Waals surface area (Å²) >= 11 is 1.85. The third-order valence-electron chi connectivity index (χ3n) is 0.678. The second-order valence-electron chi connectivity index (χ2n) is 1.52. The minimum Gasteiger partial charge on any atom is -0.326 e. The molecule has 0 saturated heterocycles. The summed E-state index contributed by atoms with van der Waals surface area (Å²) in [7, 11) is -2.64. The molecule has 64 valence electrons. The molecule has 0 radical (unpaired) electrons. The van der Waals surface area contributed by atoms with Crippen LogP contribution in [0.1, 0.15) is 26.7 Å². The lowest BCUT2D eigenvalue weighted by molar-refractivity contribution is 0.338. The van der Waals surface area contributed by atoms with Crippen molar-refractivity contribution in [3.05, 3.63) is 0 Å². The van der Waals surface area contributed by atoms with E-state index in [4.69, 9.17) is 4.89 Å². The van der Waals surface area contributed by atoms with E-state index in [1.165, 1.54) is 12.8 Å². The molecule has 1 unspecified atom stereocenters. The molecular formula is C5H14IO3P. The predicted octanol–water partition coefficient (Wildman–Crippen LogP) is 2.58. The Kier molecular flexibility index (Phi) is 16.9. The van der Waals surface area contributed by atoms with Gasteiger partial charge in [0.1, 0.15) is 4.61 Å². The van der Waals surface area contributed by atoms with Gasteiger partial charge in [-0.25, -0.2) is 0 Å². The van der Waals surface area contributed by atoms with E-state index >= 15 is 0 Å². The lowest BCUT2D eigenvalue weighted by Crippen LogP contribution is -1.67. The third kappa shape index (κ3) is 23.2. The predicted molar refractivity (Wildman–Crippen MR) is 51.8 cm³/mol. The first kappa shape index (κ1) is 13.5. The van der Waals surface area contributed by atoms with Crippen LogP contribution >= 0.6 is 30.8 Å². The molecule has 0 aromatic carbocycles. The molecule has 0 heterocycles. The Morgan fingerprint density at radius 2 is 1.90 bits per heavy atom. The first-order chi connectivity index (χ1) is 4.68. The normalized spacial score (nSPS) is 11.6. The minimum atomic E-state index is -2.64. The molecule has 0 amide bonds. The van der Waals surface area contributed by atoms with Crippen LogP contribution in [0.4, 0.5) is 0 Å². The van der Waals surface area contributed by atoms with Crippen LogP contribution < -0.4 is 0 Å². The molecule has 10 heavy (non-hydrogen) atoms. The van der Waals surface area contributed by atoms with Crippen molar-refractivity contribution in [2.75, 3.05) is 4.61 Å². The van der Waals surface area contributed by atoms with E-state index in [1.807, 2.05) is 22.6 Å². The van der Waals surface area contributed by atoms with Crippen LogP contribution in [0.2, 0.25) is 0 Å². The smallest absolute Gasteiger partial charge is 0.317 e. The molecule has 0 aliphatic carbocycles. The Balaban J connectivity index is 0. The van der Waals surface area contributed by atoms with Crippen molar-refractivity contribution in [2.24, 2.45) is 0 Å². The summed E-state index contributed by atoms with van der Waals surface area (Å²) in [6.07, 6.45) is 2.64. The lowest BCUT2D eigenvalue weighted by Gasteiger charge is -1.85. The maximum atomic E-state index is 9.56. The van der Waals surface area contributed by atoms with Gasteiger partial charge in [0.15, 0.2) is 0 Å². The van der Waals surface area contributed by atoms with Gasteiger partial charge < -0.3 is 9.42 Å². The average molecular weight is 280 g/mol. The SMILES string of the molecule is CCCC.O=[PH](O)OCI. The van der Waals surface area contributed by atoms with Gasteiger partial charge >= 0.3 is 8.25 Å². The van der Waals surface area contributed by atoms with Crippen LogP contribution in [0.25, 0.3) is 0 Å². The molecule has 0 aliphatic rings. The summed E-state index contributed by atoms with van der Waals surface area (Å²) in [6.45, 7) is 4.36. The van der Waals surface area contributed by atoms with Gasteiger partial charge in [-0.15, -0.1) is 0 Å². The van der Waals surface area contributed by atoms with Gasteiger partial charge in [-0.3, -0.25) is 4.57 Å². The minimum absolute atomic E-state index is 0.284. The summed E-state index contributed by atoms with van der Waals surface area (Å²) < 4.78 is 14.0. The van der Waals surface area contributed by atoms with Gasteiger partial charge in [-0.2, -0.15) is 0 Å². The quantitative estimate of drug-likeness (QED) is 0.491. The largest absolute Gasteiger partial charge is 0.326 e. The number of alkyl halides is 1. The zero-order valence-electron chi connectivity index (χ0n) is 6.26. The average Bonchev–Trinajstić information content (AvgIpc) is 1.89. The molecular weight excluding hydrogens is 266 g/mol. The van der Waals surface area contributed by atoms with E-state index < -0.39 is 8.25 Å². The molecule has 0 bridgehead atoms. The summed E-state index contributed by atoms with van der Waals surface area (Å²) in [5.74, 6) is 0. The van der Waals surface area contributed by atoms with Crippen molar-refractivity contribution in [1.82, 2.24) is 0 Å². The van der Waals surface area contributed by atoms with Gasteiger partial charge in [0.05, 0.1) is 0 Å². The number of hydrogen-bond acceptors (Lipinski definition) is 2. The highest BCUT2D eigenvalue weighted by Gasteiger charge is 1.82. The first-order valence-electron chi connectivity index (χ1n) is 3.10. The summed E-state index contributed by atoms with van der Waals surface area (Å²) in [5.41, 5.74) is 0. The highest BCUT2D eigenvalue weighted by molar-refractivity contribution is 14.1. The monoisotopic (exact) mass is 280 g/mol. The Labute approximate surface area is 76.3 Å². The molecule has 5 heteroatoms. The van der Waals surface area contributed by atoms with E-state index in [0.29, 0.717) is 0 Å². The zero-order chi connectivity index (χ0) is 8.41. The molecule has 3 nitrogen and oxygen atoms in total. The van der Waals surface area contributed by atoms with Crippen LogP contribution in [0.5, 0.6) is 0 Å². The van der Waals surface area contributed by atoms with Crippen LogP contribution in [0.3, 0.4) is 0 Å². The summed E-state index contributed by atoms with van der Waals surface area (Å²) in [4.78, 5) is 7.87. The van der Waals surface area contributed by atoms with E-state index in [2.05, 4.69) is 18.4 Å². The second kappa shape index (κ2) is 12.5. The number of rotatable bonds is 3. The summed E-state index contributed by atoms with van der Waals surface area (Å²) in [5, 5.41) is 0. The van der Waals surface area contributed by atoms with Gasteiger partial charge in [0.25, 0.3) is 0 Å². The zero-order valence-corrected chi connectivity index (χ0v) is 9.42. The molecule has 0 saturated carbocycles. The highest BCUT2D eigenvalue weighted by Crippen LogP contribution is 2.14. The summed E-state index contributed by atoms with van der Waals surface area (Å²) in [6, 6.07) is 0. The molecule has 0 fully saturated rings. The second-order valence-corrected chi connectivity index (χ2v) is 2.96. The van der Waals surface area contributed by atoms with E-state index in [1.54, 1.807) is 0 Å². The van der Waals surface area contributed by atoms with Crippen molar-refractivity contribution in [2.45, 2.75) is 26.7 Å². The molecule has 0 aromatic heterocycles. The topological polar surface area (TPSA) is 46.5 Å². The molecule has 0 aliphatic heterocycles. The molecule has 0 spiro atoms. The van der Waals surface area contributed by atoms with E-state index in [9.17, 15) is 4.57 Å². The van der Waals surface area contributed by atoms with Crippen LogP contribution in [0, 0.1) is 0 Å². The Morgan fingerprint density at radius 1 is 1.50 bits per heavy atom. The van der Waals surface area contributed by atoms with Gasteiger partial charge in [0.2, 0.25) is 0 Å². The first-order valence-corrected chi connectivity index (χ1v) is 5.89. The van der Waals surface area contributed by atoms with Gasteiger partial charge in [-0.05, 0) is 0 Å². The highest BCUT2D eigenvalue weighted by atomic mass is 127. The van der Waals surface area contributed by atoms with Crippen LogP contribution in [-0.2, 0) is 9.09 Å². The maximum Gasteiger partial charge on any atom is 0.317 e. The molecule has 0 rings (SSSR count). The fraction of sp³-hybridized carbons (Fsp3) is 1.00. The Hall–Kier alpha value is 0.880. The van der Waals surface area contributed by atoms with Crippen molar-refractivity contribution in [3.8, 4) is 0 Å². The van der Waals surface area contributed by atoms with Crippen molar-refractivity contribution in [3.63, 3.8) is 0 Å². The Bertz CT molecular complexity index is 77.3. The Morgan fingerprint density at radius 3 is 1.90 bits per heavy atom. The van der Waals surface area contributed by atoms with Crippen LogP contribution in [0.15, 0.2) is 0 Å². The number of unbranched alkanes of at least 4 members (excludes halogenated alkanes) is 1. The number of hydrogen-bond donors (Lipinski definition) is 1. The van der Waals surface area contributed by atoms with Gasteiger partial charge in [0, 0.05) is 0 Å². The van der Waals surface area contributed by atoms with E-state index in [-0.39, 0.29) is 4.61 Å². The molecule has 1 atom stereocenters. The van der Waals surface area contributed by atoms with Crippen LogP contribution in [-0.4, -0.2) is 9.51 Å². The number of halogens is 1. The van der Waals surface area contributed by atoms with Crippen molar-refractivity contribution < 1.29 is 14.0 Å². The van der Waals surface area contributed by atoms with Crippen molar-refractivity contribution >= 4 is 30.8 Å². The fourth-order valence-electron chi connectivity index (χ4n) is 0.0467. The maximum absolute atomic E-state index is 9.56. The standard InChI is InChI=1S/C4H10.CH4IO3P/c1-3-4-2;2-1-5-6(3)4/h3-4H2,1-2H3;6H,1H2,(H,3,4).